The lowest BCUT2D eigenvalue weighted by atomic mass is 10.0. The average Bonchev–Trinajstić information content (AvgIpc) is 2.32. The molecule has 18 heavy (non-hydrogen) atoms. The second kappa shape index (κ2) is 4.52. The Morgan fingerprint density at radius 2 is 2.11 bits per heavy atom. The SMILES string of the molecule is CC(C)c1ccc2[nH]cc(OC(=O)O)c(=O)c2c1. The van der Waals surface area contributed by atoms with Crippen LogP contribution in [0.3, 0.4) is 0 Å². The molecule has 2 N–H and O–H groups in total. The van der Waals surface area contributed by atoms with E-state index in [1.54, 1.807) is 12.1 Å². The van der Waals surface area contributed by atoms with E-state index in [-0.39, 0.29) is 11.7 Å². The molecule has 1 aromatic heterocycles. The van der Waals surface area contributed by atoms with Crippen molar-refractivity contribution in [1.29, 1.82) is 0 Å². The van der Waals surface area contributed by atoms with Gasteiger partial charge in [0.15, 0.2) is 5.75 Å². The van der Waals surface area contributed by atoms with Gasteiger partial charge in [0.2, 0.25) is 5.43 Å². The molecule has 0 unspecified atom stereocenters. The van der Waals surface area contributed by atoms with Crippen LogP contribution in [0.2, 0.25) is 0 Å². The minimum Gasteiger partial charge on any atom is -0.449 e. The summed E-state index contributed by atoms with van der Waals surface area (Å²) in [4.78, 5) is 25.3. The second-order valence-electron chi connectivity index (χ2n) is 4.31. The van der Waals surface area contributed by atoms with Crippen LogP contribution >= 0.6 is 0 Å². The van der Waals surface area contributed by atoms with Crippen LogP contribution in [0.5, 0.6) is 5.75 Å². The van der Waals surface area contributed by atoms with Gasteiger partial charge in [0.05, 0.1) is 0 Å². The van der Waals surface area contributed by atoms with Crippen molar-refractivity contribution in [2.75, 3.05) is 0 Å². The number of rotatable bonds is 2. The van der Waals surface area contributed by atoms with Crippen LogP contribution in [0.4, 0.5) is 4.79 Å². The monoisotopic (exact) mass is 247 g/mol. The number of aromatic nitrogens is 1. The van der Waals surface area contributed by atoms with E-state index >= 15 is 0 Å². The summed E-state index contributed by atoms with van der Waals surface area (Å²) in [7, 11) is 0. The summed E-state index contributed by atoms with van der Waals surface area (Å²) in [6, 6.07) is 5.49. The number of carboxylic acid groups (broad SMARTS) is 1. The molecule has 0 radical (unpaired) electrons. The number of H-pyrrole nitrogens is 1. The molecular formula is C13H13NO4. The zero-order valence-electron chi connectivity index (χ0n) is 10.1. The van der Waals surface area contributed by atoms with Crippen LogP contribution in [0, 0.1) is 0 Å². The molecule has 94 valence electrons. The highest BCUT2D eigenvalue weighted by Crippen LogP contribution is 2.19. The molecule has 0 aliphatic rings. The fourth-order valence-electron chi connectivity index (χ4n) is 1.75. The van der Waals surface area contributed by atoms with E-state index in [9.17, 15) is 9.59 Å². The molecule has 0 fully saturated rings. The first-order valence-electron chi connectivity index (χ1n) is 5.55. The van der Waals surface area contributed by atoms with Gasteiger partial charge in [0.1, 0.15) is 0 Å². The highest BCUT2D eigenvalue weighted by molar-refractivity contribution is 5.81. The summed E-state index contributed by atoms with van der Waals surface area (Å²) in [5.74, 6) is 0.0776. The van der Waals surface area contributed by atoms with E-state index in [0.29, 0.717) is 10.9 Å². The van der Waals surface area contributed by atoms with Gasteiger partial charge in [-0.1, -0.05) is 19.9 Å². The molecular weight excluding hydrogens is 234 g/mol. The fourth-order valence-corrected chi connectivity index (χ4v) is 1.75. The minimum atomic E-state index is -1.50. The number of fused-ring (bicyclic) bond motifs is 1. The van der Waals surface area contributed by atoms with Crippen LogP contribution in [0.25, 0.3) is 10.9 Å². The number of benzene rings is 1. The Bertz CT molecular complexity index is 658. The lowest BCUT2D eigenvalue weighted by Gasteiger charge is -2.07. The van der Waals surface area contributed by atoms with E-state index in [0.717, 1.165) is 5.56 Å². The van der Waals surface area contributed by atoms with E-state index in [4.69, 9.17) is 5.11 Å². The fraction of sp³-hybridized carbons (Fsp3) is 0.231. The molecule has 0 saturated carbocycles. The first-order chi connectivity index (χ1) is 8.49. The van der Waals surface area contributed by atoms with Crippen molar-refractivity contribution >= 4 is 17.1 Å². The normalized spacial score (nSPS) is 10.8. The molecule has 0 saturated heterocycles. The Balaban J connectivity index is 2.64. The summed E-state index contributed by atoms with van der Waals surface area (Å²) < 4.78 is 4.43. The van der Waals surface area contributed by atoms with Gasteiger partial charge in [0.25, 0.3) is 0 Å². The zero-order valence-corrected chi connectivity index (χ0v) is 10.1. The van der Waals surface area contributed by atoms with Gasteiger partial charge in [-0.2, -0.15) is 0 Å². The van der Waals surface area contributed by atoms with Gasteiger partial charge >= 0.3 is 6.16 Å². The number of pyridine rings is 1. The summed E-state index contributed by atoms with van der Waals surface area (Å²) in [6.07, 6.45) is -0.242. The Morgan fingerprint density at radius 3 is 2.72 bits per heavy atom. The summed E-state index contributed by atoms with van der Waals surface area (Å²) in [6.45, 7) is 4.04. The van der Waals surface area contributed by atoms with Crippen molar-refractivity contribution in [3.05, 3.63) is 40.2 Å². The second-order valence-corrected chi connectivity index (χ2v) is 4.31. The molecule has 0 bridgehead atoms. The molecule has 5 nitrogen and oxygen atoms in total. The molecule has 0 aliphatic carbocycles. The third-order valence-corrected chi connectivity index (χ3v) is 2.73. The predicted octanol–water partition coefficient (Wildman–Crippen LogP) is 2.71. The van der Waals surface area contributed by atoms with Crippen LogP contribution in [0.1, 0.15) is 25.3 Å². The lowest BCUT2D eigenvalue weighted by molar-refractivity contribution is 0.144. The summed E-state index contributed by atoms with van der Waals surface area (Å²) in [5, 5.41) is 8.96. The number of nitrogens with one attached hydrogen (secondary N) is 1. The van der Waals surface area contributed by atoms with Gasteiger partial charge in [-0.05, 0) is 23.6 Å². The van der Waals surface area contributed by atoms with Crippen LogP contribution < -0.4 is 10.2 Å². The number of aromatic amines is 1. The van der Waals surface area contributed by atoms with Crippen molar-refractivity contribution in [2.24, 2.45) is 0 Å². The van der Waals surface area contributed by atoms with E-state index in [1.807, 2.05) is 19.9 Å². The molecule has 2 rings (SSSR count). The lowest BCUT2D eigenvalue weighted by Crippen LogP contribution is -2.13. The molecule has 1 heterocycles. The van der Waals surface area contributed by atoms with Gasteiger partial charge < -0.3 is 14.8 Å². The summed E-state index contributed by atoms with van der Waals surface area (Å²) >= 11 is 0. The van der Waals surface area contributed by atoms with Crippen molar-refractivity contribution in [2.45, 2.75) is 19.8 Å². The third-order valence-electron chi connectivity index (χ3n) is 2.73. The predicted molar refractivity (Wildman–Crippen MR) is 67.3 cm³/mol. The first-order valence-corrected chi connectivity index (χ1v) is 5.55. The number of carbonyl (C=O) groups is 1. The molecule has 2 aromatic rings. The number of hydrogen-bond acceptors (Lipinski definition) is 3. The van der Waals surface area contributed by atoms with Crippen LogP contribution in [0.15, 0.2) is 29.2 Å². The smallest absolute Gasteiger partial charge is 0.449 e. The summed E-state index contributed by atoms with van der Waals surface area (Å²) in [5.41, 5.74) is 1.25. The zero-order chi connectivity index (χ0) is 13.3. The highest BCUT2D eigenvalue weighted by Gasteiger charge is 2.10. The Labute approximate surface area is 103 Å². The molecule has 1 aromatic carbocycles. The maximum absolute atomic E-state index is 12.0. The van der Waals surface area contributed by atoms with Gasteiger partial charge in [0, 0.05) is 17.1 Å². The highest BCUT2D eigenvalue weighted by atomic mass is 16.7. The molecule has 0 aliphatic heterocycles. The van der Waals surface area contributed by atoms with Gasteiger partial charge in [-0.15, -0.1) is 0 Å². The standard InChI is InChI=1S/C13H13NO4/c1-7(2)8-3-4-10-9(5-8)12(15)11(6-14-10)18-13(16)17/h3-7H,1-2H3,(H,14,15)(H,16,17). The van der Waals surface area contributed by atoms with Crippen molar-refractivity contribution in [3.8, 4) is 5.75 Å². The van der Waals surface area contributed by atoms with Crippen molar-refractivity contribution in [1.82, 2.24) is 4.98 Å². The number of ether oxygens (including phenoxy) is 1. The van der Waals surface area contributed by atoms with Crippen molar-refractivity contribution < 1.29 is 14.6 Å². The maximum Gasteiger partial charge on any atom is 0.511 e. The third kappa shape index (κ3) is 2.20. The largest absolute Gasteiger partial charge is 0.511 e. The molecule has 0 amide bonds. The van der Waals surface area contributed by atoms with Crippen molar-refractivity contribution in [3.63, 3.8) is 0 Å². The number of hydrogen-bond donors (Lipinski definition) is 2. The molecule has 5 heteroatoms. The first kappa shape index (κ1) is 12.2. The Kier molecular flexibility index (Phi) is 3.06. The Morgan fingerprint density at radius 1 is 1.39 bits per heavy atom. The van der Waals surface area contributed by atoms with E-state index in [2.05, 4.69) is 9.72 Å². The van der Waals surface area contributed by atoms with E-state index < -0.39 is 11.6 Å². The maximum atomic E-state index is 12.0. The average molecular weight is 247 g/mol. The quantitative estimate of drug-likeness (QED) is 0.799. The van der Waals surface area contributed by atoms with Crippen LogP contribution in [-0.4, -0.2) is 16.2 Å². The van der Waals surface area contributed by atoms with Gasteiger partial charge in [-0.25, -0.2) is 4.79 Å². The molecule has 0 atom stereocenters. The van der Waals surface area contributed by atoms with Crippen LogP contribution in [-0.2, 0) is 0 Å². The van der Waals surface area contributed by atoms with E-state index in [1.165, 1.54) is 6.20 Å². The van der Waals surface area contributed by atoms with Gasteiger partial charge in [-0.3, -0.25) is 4.79 Å². The Hall–Kier alpha value is -2.30. The molecule has 0 spiro atoms. The minimum absolute atomic E-state index is 0.212. The topological polar surface area (TPSA) is 79.4 Å².